The number of thioether (sulfide) groups is 2. The van der Waals surface area contributed by atoms with E-state index in [0.717, 1.165) is 27.8 Å². The molecular formula is C23H22ClNOS2. The van der Waals surface area contributed by atoms with Gasteiger partial charge in [0, 0.05) is 39.3 Å². The quantitative estimate of drug-likeness (QED) is 0.321. The van der Waals surface area contributed by atoms with Crippen molar-refractivity contribution in [3.63, 3.8) is 0 Å². The van der Waals surface area contributed by atoms with Crippen molar-refractivity contribution in [2.24, 2.45) is 0 Å². The van der Waals surface area contributed by atoms with E-state index in [1.54, 1.807) is 23.5 Å². The van der Waals surface area contributed by atoms with Gasteiger partial charge in [-0.25, -0.2) is 0 Å². The smallest absolute Gasteiger partial charge is 0.251 e. The summed E-state index contributed by atoms with van der Waals surface area (Å²) in [5.74, 6) is 2.57. The molecule has 0 spiro atoms. The molecule has 28 heavy (non-hydrogen) atoms. The van der Waals surface area contributed by atoms with Crippen molar-refractivity contribution in [3.8, 4) is 0 Å². The minimum atomic E-state index is -0.0272. The fourth-order valence-corrected chi connectivity index (χ4v) is 4.59. The molecule has 0 heterocycles. The molecule has 0 fully saturated rings. The molecular weight excluding hydrogens is 406 g/mol. The van der Waals surface area contributed by atoms with Crippen LogP contribution < -0.4 is 5.32 Å². The second kappa shape index (κ2) is 11.2. The first-order valence-corrected chi connectivity index (χ1v) is 11.6. The van der Waals surface area contributed by atoms with E-state index in [-0.39, 0.29) is 5.91 Å². The summed E-state index contributed by atoms with van der Waals surface area (Å²) in [7, 11) is 0. The van der Waals surface area contributed by atoms with Gasteiger partial charge in [0.05, 0.1) is 0 Å². The van der Waals surface area contributed by atoms with Crippen LogP contribution in [-0.4, -0.2) is 18.2 Å². The summed E-state index contributed by atoms with van der Waals surface area (Å²) in [6.07, 6.45) is 0. The van der Waals surface area contributed by atoms with Gasteiger partial charge in [0.1, 0.15) is 0 Å². The predicted molar refractivity (Wildman–Crippen MR) is 122 cm³/mol. The van der Waals surface area contributed by atoms with Crippen LogP contribution in [0, 0.1) is 0 Å². The first kappa shape index (κ1) is 20.8. The standard InChI is InChI=1S/C23H22ClNOS2/c24-22-9-5-4-6-20(22)17-27-15-14-25-23(26)19-12-10-18(11-13-19)16-28-21-7-2-1-3-8-21/h1-13H,14-17H2,(H,25,26). The lowest BCUT2D eigenvalue weighted by Gasteiger charge is -2.07. The zero-order valence-electron chi connectivity index (χ0n) is 15.4. The lowest BCUT2D eigenvalue weighted by Crippen LogP contribution is -2.25. The molecule has 0 atom stereocenters. The highest BCUT2D eigenvalue weighted by Crippen LogP contribution is 2.22. The van der Waals surface area contributed by atoms with Crippen LogP contribution in [0.15, 0.2) is 83.8 Å². The average molecular weight is 428 g/mol. The molecule has 0 radical (unpaired) electrons. The largest absolute Gasteiger partial charge is 0.351 e. The molecule has 1 N–H and O–H groups in total. The predicted octanol–water partition coefficient (Wildman–Crippen LogP) is 6.30. The van der Waals surface area contributed by atoms with E-state index in [1.165, 1.54) is 10.5 Å². The third-order valence-corrected chi connectivity index (χ3v) is 6.57. The first-order valence-electron chi connectivity index (χ1n) is 9.08. The van der Waals surface area contributed by atoms with Gasteiger partial charge in [0.15, 0.2) is 0 Å². The van der Waals surface area contributed by atoms with Crippen molar-refractivity contribution in [2.75, 3.05) is 12.3 Å². The number of nitrogens with one attached hydrogen (secondary N) is 1. The van der Waals surface area contributed by atoms with Crippen LogP contribution in [0.1, 0.15) is 21.5 Å². The van der Waals surface area contributed by atoms with Gasteiger partial charge in [0.25, 0.3) is 5.91 Å². The van der Waals surface area contributed by atoms with Gasteiger partial charge in [-0.1, -0.05) is 60.1 Å². The Bertz CT molecular complexity index is 885. The van der Waals surface area contributed by atoms with Crippen molar-refractivity contribution in [1.82, 2.24) is 5.32 Å². The zero-order valence-corrected chi connectivity index (χ0v) is 17.8. The number of hydrogen-bond acceptors (Lipinski definition) is 3. The van der Waals surface area contributed by atoms with Crippen molar-refractivity contribution in [1.29, 1.82) is 0 Å². The van der Waals surface area contributed by atoms with E-state index in [0.29, 0.717) is 12.1 Å². The molecule has 0 saturated carbocycles. The molecule has 3 aromatic carbocycles. The Balaban J connectivity index is 1.38. The second-order valence-corrected chi connectivity index (χ2v) is 8.76. The van der Waals surface area contributed by atoms with Crippen LogP contribution in [0.4, 0.5) is 0 Å². The molecule has 0 aliphatic rings. The summed E-state index contributed by atoms with van der Waals surface area (Å²) in [6, 6.07) is 26.0. The topological polar surface area (TPSA) is 29.1 Å². The monoisotopic (exact) mass is 427 g/mol. The molecule has 0 aliphatic heterocycles. The minimum Gasteiger partial charge on any atom is -0.351 e. The molecule has 0 saturated heterocycles. The maximum Gasteiger partial charge on any atom is 0.251 e. The maximum absolute atomic E-state index is 12.3. The van der Waals surface area contributed by atoms with Crippen molar-refractivity contribution in [3.05, 3.63) is 101 Å². The average Bonchev–Trinajstić information content (AvgIpc) is 2.74. The number of carbonyl (C=O) groups excluding carboxylic acids is 1. The fraction of sp³-hybridized carbons (Fsp3) is 0.174. The van der Waals surface area contributed by atoms with Crippen LogP contribution in [0.3, 0.4) is 0 Å². The molecule has 3 rings (SSSR count). The molecule has 0 unspecified atom stereocenters. The normalized spacial score (nSPS) is 10.6. The molecule has 0 bridgehead atoms. The summed E-state index contributed by atoms with van der Waals surface area (Å²) < 4.78 is 0. The summed E-state index contributed by atoms with van der Waals surface area (Å²) >= 11 is 9.71. The molecule has 1 amide bonds. The number of hydrogen-bond donors (Lipinski definition) is 1. The molecule has 3 aromatic rings. The number of rotatable bonds is 9. The van der Waals surface area contributed by atoms with Crippen molar-refractivity contribution >= 4 is 41.0 Å². The van der Waals surface area contributed by atoms with E-state index in [9.17, 15) is 4.79 Å². The molecule has 5 heteroatoms. The highest BCUT2D eigenvalue weighted by atomic mass is 35.5. The van der Waals surface area contributed by atoms with Crippen LogP contribution in [0.5, 0.6) is 0 Å². The Labute approximate surface area is 180 Å². The van der Waals surface area contributed by atoms with Gasteiger partial charge in [0.2, 0.25) is 0 Å². The Kier molecular flexibility index (Phi) is 8.34. The Morgan fingerprint density at radius 2 is 1.57 bits per heavy atom. The number of amides is 1. The summed E-state index contributed by atoms with van der Waals surface area (Å²) in [4.78, 5) is 13.5. The van der Waals surface area contributed by atoms with E-state index < -0.39 is 0 Å². The lowest BCUT2D eigenvalue weighted by molar-refractivity contribution is 0.0956. The first-order chi connectivity index (χ1) is 13.7. The van der Waals surface area contributed by atoms with Crippen LogP contribution in [-0.2, 0) is 11.5 Å². The molecule has 0 aromatic heterocycles. The number of halogens is 1. The second-order valence-electron chi connectivity index (χ2n) is 6.20. The Morgan fingerprint density at radius 1 is 0.857 bits per heavy atom. The van der Waals surface area contributed by atoms with Gasteiger partial charge in [-0.15, -0.1) is 11.8 Å². The third kappa shape index (κ3) is 6.62. The highest BCUT2D eigenvalue weighted by molar-refractivity contribution is 7.98. The van der Waals surface area contributed by atoms with Crippen LogP contribution in [0.25, 0.3) is 0 Å². The number of carbonyl (C=O) groups is 1. The van der Waals surface area contributed by atoms with E-state index in [1.807, 2.05) is 66.7 Å². The van der Waals surface area contributed by atoms with Crippen LogP contribution >= 0.6 is 35.1 Å². The van der Waals surface area contributed by atoms with Gasteiger partial charge in [-0.2, -0.15) is 11.8 Å². The van der Waals surface area contributed by atoms with Crippen molar-refractivity contribution < 1.29 is 4.79 Å². The van der Waals surface area contributed by atoms with Gasteiger partial charge >= 0.3 is 0 Å². The highest BCUT2D eigenvalue weighted by Gasteiger charge is 2.05. The number of benzene rings is 3. The molecule has 144 valence electrons. The maximum atomic E-state index is 12.3. The van der Waals surface area contributed by atoms with Gasteiger partial charge < -0.3 is 5.32 Å². The fourth-order valence-electron chi connectivity index (χ4n) is 2.57. The third-order valence-electron chi connectivity index (χ3n) is 4.11. The summed E-state index contributed by atoms with van der Waals surface area (Å²) in [6.45, 7) is 0.638. The summed E-state index contributed by atoms with van der Waals surface area (Å²) in [5.41, 5.74) is 3.04. The Morgan fingerprint density at radius 3 is 2.32 bits per heavy atom. The van der Waals surface area contributed by atoms with E-state index >= 15 is 0 Å². The lowest BCUT2D eigenvalue weighted by atomic mass is 10.1. The van der Waals surface area contributed by atoms with E-state index in [2.05, 4.69) is 17.4 Å². The van der Waals surface area contributed by atoms with Crippen molar-refractivity contribution in [2.45, 2.75) is 16.4 Å². The van der Waals surface area contributed by atoms with Gasteiger partial charge in [-0.3, -0.25) is 4.79 Å². The van der Waals surface area contributed by atoms with Gasteiger partial charge in [-0.05, 0) is 41.5 Å². The zero-order chi connectivity index (χ0) is 19.6. The minimum absolute atomic E-state index is 0.0272. The summed E-state index contributed by atoms with van der Waals surface area (Å²) in [5, 5.41) is 3.78. The van der Waals surface area contributed by atoms with E-state index in [4.69, 9.17) is 11.6 Å². The molecule has 0 aliphatic carbocycles. The van der Waals surface area contributed by atoms with Crippen LogP contribution in [0.2, 0.25) is 5.02 Å². The molecule has 2 nitrogen and oxygen atoms in total. The SMILES string of the molecule is O=C(NCCSCc1ccccc1Cl)c1ccc(CSc2ccccc2)cc1. The Hall–Kier alpha value is -1.88.